The molecule has 0 aliphatic carbocycles. The molecule has 0 atom stereocenters. The zero-order valence-corrected chi connectivity index (χ0v) is 17.1. The molecule has 2 heterocycles. The Morgan fingerprint density at radius 2 is 1.70 bits per heavy atom. The van der Waals surface area contributed by atoms with Crippen LogP contribution in [0.25, 0.3) is 17.4 Å². The van der Waals surface area contributed by atoms with E-state index in [2.05, 4.69) is 5.32 Å². The fourth-order valence-electron chi connectivity index (χ4n) is 2.99. The molecule has 150 valence electrons. The minimum absolute atomic E-state index is 0.228. The molecule has 0 spiro atoms. The van der Waals surface area contributed by atoms with Crippen LogP contribution < -0.4 is 10.2 Å². The number of rotatable bonds is 3. The van der Waals surface area contributed by atoms with Crippen molar-refractivity contribution in [1.29, 1.82) is 0 Å². The van der Waals surface area contributed by atoms with Gasteiger partial charge in [0.1, 0.15) is 17.1 Å². The van der Waals surface area contributed by atoms with Gasteiger partial charge in [0.15, 0.2) is 0 Å². The Morgan fingerprint density at radius 1 is 0.967 bits per heavy atom. The molecule has 0 saturated carbocycles. The number of nitrogens with one attached hydrogen (secondary N) is 1. The Labute approximate surface area is 181 Å². The van der Waals surface area contributed by atoms with Crippen molar-refractivity contribution in [2.75, 3.05) is 4.90 Å². The molecule has 0 radical (unpaired) electrons. The third kappa shape index (κ3) is 3.75. The summed E-state index contributed by atoms with van der Waals surface area (Å²) in [7, 11) is 0. The van der Waals surface area contributed by atoms with Crippen molar-refractivity contribution in [1.82, 2.24) is 5.32 Å². The molecular weight excluding hydrogens is 427 g/mol. The van der Waals surface area contributed by atoms with Gasteiger partial charge in [0, 0.05) is 10.6 Å². The first kappa shape index (κ1) is 19.9. The van der Waals surface area contributed by atoms with Crippen molar-refractivity contribution >= 4 is 52.8 Å². The highest BCUT2D eigenvalue weighted by molar-refractivity contribution is 6.39. The lowest BCUT2D eigenvalue weighted by Crippen LogP contribution is -2.54. The van der Waals surface area contributed by atoms with Crippen LogP contribution in [0.5, 0.6) is 0 Å². The maximum atomic E-state index is 12.9. The van der Waals surface area contributed by atoms with Gasteiger partial charge in [-0.2, -0.15) is 0 Å². The van der Waals surface area contributed by atoms with Crippen molar-refractivity contribution < 1.29 is 18.8 Å². The van der Waals surface area contributed by atoms with Gasteiger partial charge >= 0.3 is 6.03 Å². The predicted molar refractivity (Wildman–Crippen MR) is 114 cm³/mol. The fourth-order valence-corrected chi connectivity index (χ4v) is 3.37. The van der Waals surface area contributed by atoms with Crippen LogP contribution in [-0.2, 0) is 9.59 Å². The van der Waals surface area contributed by atoms with Gasteiger partial charge in [0.05, 0.1) is 10.7 Å². The normalized spacial score (nSPS) is 15.6. The molecule has 1 aliphatic heterocycles. The minimum Gasteiger partial charge on any atom is -0.457 e. The number of carbonyl (C=O) groups is 3. The molecule has 4 amide bonds. The third-order valence-corrected chi connectivity index (χ3v) is 5.07. The van der Waals surface area contributed by atoms with E-state index in [1.165, 1.54) is 6.08 Å². The summed E-state index contributed by atoms with van der Waals surface area (Å²) in [6.45, 7) is 1.89. The van der Waals surface area contributed by atoms with Gasteiger partial charge in [-0.1, -0.05) is 40.9 Å². The number of halogens is 2. The maximum Gasteiger partial charge on any atom is 0.335 e. The molecule has 30 heavy (non-hydrogen) atoms. The van der Waals surface area contributed by atoms with E-state index >= 15 is 0 Å². The number of imide groups is 2. The van der Waals surface area contributed by atoms with Crippen LogP contribution in [0.1, 0.15) is 11.3 Å². The molecule has 0 unspecified atom stereocenters. The van der Waals surface area contributed by atoms with Crippen molar-refractivity contribution in [2.24, 2.45) is 0 Å². The van der Waals surface area contributed by atoms with Crippen LogP contribution in [0.4, 0.5) is 10.5 Å². The number of amides is 4. The average Bonchev–Trinajstić information content (AvgIpc) is 3.17. The predicted octanol–water partition coefficient (Wildman–Crippen LogP) is 5.23. The summed E-state index contributed by atoms with van der Waals surface area (Å²) in [6.07, 6.45) is 1.28. The van der Waals surface area contributed by atoms with Gasteiger partial charge in [0.2, 0.25) is 0 Å². The first-order valence-corrected chi connectivity index (χ1v) is 9.62. The summed E-state index contributed by atoms with van der Waals surface area (Å²) in [5.74, 6) is -0.874. The highest BCUT2D eigenvalue weighted by atomic mass is 35.5. The number of carbonyl (C=O) groups excluding carboxylic acids is 3. The lowest BCUT2D eigenvalue weighted by molar-refractivity contribution is -0.122. The number of hydrogen-bond acceptors (Lipinski definition) is 4. The molecule has 2 aromatic carbocycles. The summed E-state index contributed by atoms with van der Waals surface area (Å²) < 4.78 is 5.73. The Morgan fingerprint density at radius 3 is 2.43 bits per heavy atom. The standard InChI is InChI=1S/C22H14Cl2N2O4/c1-12-2-5-14(6-3-12)26-21(28)17(20(27)25-22(26)29)11-15-7-9-19(30-15)16-10-13(23)4-8-18(16)24/h2-11H,1H3,(H,25,27,29). The molecule has 1 N–H and O–H groups in total. The zero-order valence-electron chi connectivity index (χ0n) is 15.6. The number of anilines is 1. The van der Waals surface area contributed by atoms with E-state index in [0.717, 1.165) is 10.5 Å². The number of benzene rings is 2. The van der Waals surface area contributed by atoms with Crippen molar-refractivity contribution in [3.8, 4) is 11.3 Å². The smallest absolute Gasteiger partial charge is 0.335 e. The van der Waals surface area contributed by atoms with Crippen molar-refractivity contribution in [3.63, 3.8) is 0 Å². The van der Waals surface area contributed by atoms with Crippen LogP contribution in [-0.4, -0.2) is 17.8 Å². The topological polar surface area (TPSA) is 79.6 Å². The van der Waals surface area contributed by atoms with Gasteiger partial charge in [-0.25, -0.2) is 9.69 Å². The summed E-state index contributed by atoms with van der Waals surface area (Å²) in [5.41, 5.74) is 1.67. The maximum absolute atomic E-state index is 12.9. The van der Waals surface area contributed by atoms with E-state index in [1.807, 2.05) is 6.92 Å². The summed E-state index contributed by atoms with van der Waals surface area (Å²) in [6, 6.07) is 14.2. The quantitative estimate of drug-likeness (QED) is 0.446. The number of nitrogens with zero attached hydrogens (tertiary/aromatic N) is 1. The van der Waals surface area contributed by atoms with Gasteiger partial charge in [-0.05, 0) is 55.5 Å². The molecule has 1 fully saturated rings. The van der Waals surface area contributed by atoms with Crippen molar-refractivity contribution in [3.05, 3.63) is 81.5 Å². The number of barbiturate groups is 1. The molecule has 1 aromatic heterocycles. The molecule has 6 nitrogen and oxygen atoms in total. The second-order valence-electron chi connectivity index (χ2n) is 6.62. The van der Waals surface area contributed by atoms with Crippen LogP contribution >= 0.6 is 23.2 Å². The Bertz CT molecular complexity index is 1210. The second-order valence-corrected chi connectivity index (χ2v) is 7.46. The largest absolute Gasteiger partial charge is 0.457 e. The van der Waals surface area contributed by atoms with Crippen LogP contribution in [0, 0.1) is 6.92 Å². The fraction of sp³-hybridized carbons (Fsp3) is 0.0455. The number of furan rings is 1. The van der Waals surface area contributed by atoms with Gasteiger partial charge < -0.3 is 4.42 Å². The molecular formula is C22H14Cl2N2O4. The van der Waals surface area contributed by atoms with Crippen LogP contribution in [0.2, 0.25) is 10.0 Å². The first-order chi connectivity index (χ1) is 14.3. The van der Waals surface area contributed by atoms with E-state index in [0.29, 0.717) is 27.1 Å². The van der Waals surface area contributed by atoms with Gasteiger partial charge in [-0.15, -0.1) is 0 Å². The van der Waals surface area contributed by atoms with E-state index < -0.39 is 17.8 Å². The number of urea groups is 1. The Kier molecular flexibility index (Phi) is 5.20. The van der Waals surface area contributed by atoms with Crippen molar-refractivity contribution in [2.45, 2.75) is 6.92 Å². The lowest BCUT2D eigenvalue weighted by atomic mass is 10.1. The second kappa shape index (κ2) is 7.82. The summed E-state index contributed by atoms with van der Waals surface area (Å²) in [4.78, 5) is 38.4. The average molecular weight is 441 g/mol. The monoisotopic (exact) mass is 440 g/mol. The Hall–Kier alpha value is -3.35. The van der Waals surface area contributed by atoms with E-state index in [1.54, 1.807) is 54.6 Å². The minimum atomic E-state index is -0.808. The molecule has 1 aliphatic rings. The third-order valence-electron chi connectivity index (χ3n) is 4.50. The number of hydrogen-bond donors (Lipinski definition) is 1. The molecule has 4 rings (SSSR count). The summed E-state index contributed by atoms with van der Waals surface area (Å²) in [5, 5.41) is 3.10. The van der Waals surface area contributed by atoms with Crippen LogP contribution in [0.3, 0.4) is 0 Å². The van der Waals surface area contributed by atoms with E-state index in [9.17, 15) is 14.4 Å². The molecule has 3 aromatic rings. The molecule has 1 saturated heterocycles. The lowest BCUT2D eigenvalue weighted by Gasteiger charge is -2.26. The highest BCUT2D eigenvalue weighted by Crippen LogP contribution is 2.32. The van der Waals surface area contributed by atoms with E-state index in [4.69, 9.17) is 27.6 Å². The molecule has 0 bridgehead atoms. The zero-order chi connectivity index (χ0) is 21.4. The van der Waals surface area contributed by atoms with Crippen LogP contribution in [0.15, 0.2) is 64.6 Å². The first-order valence-electron chi connectivity index (χ1n) is 8.87. The van der Waals surface area contributed by atoms with Gasteiger partial charge in [0.25, 0.3) is 11.8 Å². The SMILES string of the molecule is Cc1ccc(N2C(=O)NC(=O)C(=Cc3ccc(-c4cc(Cl)ccc4Cl)o3)C2=O)cc1. The number of aryl methyl sites for hydroxylation is 1. The van der Waals surface area contributed by atoms with Gasteiger partial charge in [-0.3, -0.25) is 14.9 Å². The Balaban J connectivity index is 1.69. The molecule has 8 heteroatoms. The van der Waals surface area contributed by atoms with E-state index in [-0.39, 0.29) is 11.3 Å². The summed E-state index contributed by atoms with van der Waals surface area (Å²) >= 11 is 12.2. The highest BCUT2D eigenvalue weighted by Gasteiger charge is 2.37.